The Labute approximate surface area is 157 Å². The summed E-state index contributed by atoms with van der Waals surface area (Å²) in [6.07, 6.45) is 0. The van der Waals surface area contributed by atoms with Crippen LogP contribution in [0.25, 0.3) is 0 Å². The number of rotatable bonds is 4. The second-order valence-electron chi connectivity index (χ2n) is 6.52. The van der Waals surface area contributed by atoms with E-state index >= 15 is 0 Å². The Hall–Kier alpha value is -0.760. The van der Waals surface area contributed by atoms with E-state index in [2.05, 4.69) is 40.0 Å². The van der Waals surface area contributed by atoms with Crippen molar-refractivity contribution in [2.45, 2.75) is 34.2 Å². The summed E-state index contributed by atoms with van der Waals surface area (Å²) in [5.74, 6) is 3.67. The lowest BCUT2D eigenvalue weighted by molar-refractivity contribution is 0.164. The third-order valence-corrected chi connectivity index (χ3v) is 4.09. The van der Waals surface area contributed by atoms with Gasteiger partial charge in [0.1, 0.15) is 11.5 Å². The van der Waals surface area contributed by atoms with Gasteiger partial charge in [-0.15, -0.1) is 24.0 Å². The molecule has 132 valence electrons. The quantitative estimate of drug-likeness (QED) is 0.450. The number of hydrogen-bond acceptors (Lipinski definition) is 3. The van der Waals surface area contributed by atoms with E-state index in [1.807, 2.05) is 20.9 Å². The fourth-order valence-corrected chi connectivity index (χ4v) is 3.02. The van der Waals surface area contributed by atoms with Gasteiger partial charge in [-0.2, -0.15) is 0 Å². The predicted octanol–water partition coefficient (Wildman–Crippen LogP) is 2.86. The van der Waals surface area contributed by atoms with Crippen molar-refractivity contribution in [3.63, 3.8) is 0 Å². The Morgan fingerprint density at radius 2 is 1.91 bits per heavy atom. The second-order valence-corrected chi connectivity index (χ2v) is 6.52. The van der Waals surface area contributed by atoms with Crippen LogP contribution in [0.4, 0.5) is 0 Å². The first-order chi connectivity index (χ1) is 10.5. The molecule has 1 aliphatic heterocycles. The predicted molar refractivity (Wildman–Crippen MR) is 107 cm³/mol. The molecular weight excluding hydrogens is 403 g/mol. The maximum atomic E-state index is 5.58. The van der Waals surface area contributed by atoms with Gasteiger partial charge < -0.3 is 14.6 Å². The van der Waals surface area contributed by atoms with Crippen molar-refractivity contribution >= 4 is 29.9 Å². The maximum absolute atomic E-state index is 5.58. The summed E-state index contributed by atoms with van der Waals surface area (Å²) in [5, 5.41) is 3.46. The fraction of sp³-hybridized carbons (Fsp3) is 0.706. The van der Waals surface area contributed by atoms with Crippen LogP contribution in [0.2, 0.25) is 0 Å². The van der Waals surface area contributed by atoms with Gasteiger partial charge in [-0.25, -0.2) is 0 Å². The van der Waals surface area contributed by atoms with Gasteiger partial charge in [-0.1, -0.05) is 13.8 Å². The van der Waals surface area contributed by atoms with Gasteiger partial charge in [0.2, 0.25) is 0 Å². The summed E-state index contributed by atoms with van der Waals surface area (Å²) in [7, 11) is 1.86. The van der Waals surface area contributed by atoms with Gasteiger partial charge in [0.05, 0.1) is 0 Å². The molecule has 0 atom stereocenters. The van der Waals surface area contributed by atoms with E-state index in [0.717, 1.165) is 56.1 Å². The highest BCUT2D eigenvalue weighted by Crippen LogP contribution is 2.13. The van der Waals surface area contributed by atoms with Gasteiger partial charge in [-0.3, -0.25) is 9.89 Å². The van der Waals surface area contributed by atoms with Crippen molar-refractivity contribution in [3.8, 4) is 0 Å². The van der Waals surface area contributed by atoms with E-state index < -0.39 is 0 Å². The van der Waals surface area contributed by atoms with Crippen molar-refractivity contribution in [1.82, 2.24) is 15.1 Å². The molecule has 1 saturated heterocycles. The number of aliphatic imine (C=N–C) groups is 1. The summed E-state index contributed by atoms with van der Waals surface area (Å²) in [6, 6.07) is 2.09. The number of hydrogen-bond donors (Lipinski definition) is 1. The topological polar surface area (TPSA) is 44.0 Å². The Morgan fingerprint density at radius 3 is 2.39 bits per heavy atom. The Balaban J connectivity index is 0.00000264. The van der Waals surface area contributed by atoms with E-state index in [-0.39, 0.29) is 24.0 Å². The zero-order valence-electron chi connectivity index (χ0n) is 15.1. The van der Waals surface area contributed by atoms with Crippen molar-refractivity contribution < 1.29 is 4.42 Å². The molecule has 1 fully saturated rings. The highest BCUT2D eigenvalue weighted by molar-refractivity contribution is 14.0. The van der Waals surface area contributed by atoms with Gasteiger partial charge in [0.25, 0.3) is 0 Å². The third-order valence-electron chi connectivity index (χ3n) is 4.09. The number of nitrogens with zero attached hydrogens (tertiary/aromatic N) is 3. The average molecular weight is 434 g/mol. The van der Waals surface area contributed by atoms with E-state index in [1.165, 1.54) is 12.1 Å². The maximum Gasteiger partial charge on any atom is 0.194 e. The van der Waals surface area contributed by atoms with Gasteiger partial charge in [-0.05, 0) is 25.8 Å². The lowest BCUT2D eigenvalue weighted by atomic mass is 10.2. The standard InChI is InChI=1S/C17H30N4O.HI/c1-13(2)12-20-6-8-21(9-7-20)17(18-5)19-11-16-10-14(3)22-15(16)4;/h10,13H,6-9,11-12H2,1-5H3,(H,18,19);1H. The van der Waals surface area contributed by atoms with Gasteiger partial charge in [0.15, 0.2) is 5.96 Å². The molecule has 23 heavy (non-hydrogen) atoms. The second kappa shape index (κ2) is 9.52. The highest BCUT2D eigenvalue weighted by Gasteiger charge is 2.20. The third kappa shape index (κ3) is 5.99. The number of nitrogens with one attached hydrogen (secondary N) is 1. The first kappa shape index (κ1) is 20.3. The van der Waals surface area contributed by atoms with Crippen LogP contribution in [0, 0.1) is 19.8 Å². The van der Waals surface area contributed by atoms with Crippen molar-refractivity contribution in [3.05, 3.63) is 23.2 Å². The first-order valence-electron chi connectivity index (χ1n) is 8.23. The summed E-state index contributed by atoms with van der Waals surface area (Å²) in [6.45, 7) is 14.8. The summed E-state index contributed by atoms with van der Waals surface area (Å²) in [5.41, 5.74) is 1.21. The van der Waals surface area contributed by atoms with Crippen LogP contribution >= 0.6 is 24.0 Å². The number of aryl methyl sites for hydroxylation is 2. The normalized spacial score (nSPS) is 16.6. The Kier molecular flexibility index (Phi) is 8.39. The average Bonchev–Trinajstić information content (AvgIpc) is 2.79. The number of piperazine rings is 1. The molecule has 0 saturated carbocycles. The Morgan fingerprint density at radius 1 is 1.26 bits per heavy atom. The molecule has 2 heterocycles. The van der Waals surface area contributed by atoms with Crippen LogP contribution in [-0.4, -0.2) is 55.5 Å². The minimum absolute atomic E-state index is 0. The van der Waals surface area contributed by atoms with Crippen LogP contribution in [0.3, 0.4) is 0 Å². The first-order valence-corrected chi connectivity index (χ1v) is 8.23. The minimum Gasteiger partial charge on any atom is -0.466 e. The molecule has 0 bridgehead atoms. The van der Waals surface area contributed by atoms with E-state index in [9.17, 15) is 0 Å². The molecule has 1 aliphatic rings. The molecule has 0 aromatic carbocycles. The smallest absolute Gasteiger partial charge is 0.194 e. The molecule has 1 aromatic rings. The van der Waals surface area contributed by atoms with Crippen LogP contribution in [0.5, 0.6) is 0 Å². The van der Waals surface area contributed by atoms with Crippen LogP contribution < -0.4 is 5.32 Å². The number of guanidine groups is 1. The zero-order valence-corrected chi connectivity index (χ0v) is 17.4. The molecule has 0 unspecified atom stereocenters. The van der Waals surface area contributed by atoms with Gasteiger partial charge in [0, 0.05) is 51.9 Å². The zero-order chi connectivity index (χ0) is 16.1. The summed E-state index contributed by atoms with van der Waals surface area (Å²) >= 11 is 0. The molecule has 1 N–H and O–H groups in total. The Bertz CT molecular complexity index is 505. The number of halogens is 1. The molecule has 1 aromatic heterocycles. The van der Waals surface area contributed by atoms with Crippen LogP contribution in [0.1, 0.15) is 30.9 Å². The molecule has 2 rings (SSSR count). The summed E-state index contributed by atoms with van der Waals surface area (Å²) < 4.78 is 5.58. The van der Waals surface area contributed by atoms with E-state index in [0.29, 0.717) is 0 Å². The molecule has 0 radical (unpaired) electrons. The van der Waals surface area contributed by atoms with Gasteiger partial charge >= 0.3 is 0 Å². The van der Waals surface area contributed by atoms with Crippen LogP contribution in [-0.2, 0) is 6.54 Å². The SMILES string of the molecule is CN=C(NCc1cc(C)oc1C)N1CCN(CC(C)C)CC1.I. The minimum atomic E-state index is 0. The lowest BCUT2D eigenvalue weighted by Crippen LogP contribution is -2.52. The molecular formula is C17H31IN4O. The van der Waals surface area contributed by atoms with E-state index in [1.54, 1.807) is 0 Å². The van der Waals surface area contributed by atoms with E-state index in [4.69, 9.17) is 4.42 Å². The molecule has 0 spiro atoms. The monoisotopic (exact) mass is 434 g/mol. The molecule has 5 nitrogen and oxygen atoms in total. The molecule has 0 amide bonds. The van der Waals surface area contributed by atoms with Crippen molar-refractivity contribution in [2.24, 2.45) is 10.9 Å². The molecule has 0 aliphatic carbocycles. The van der Waals surface area contributed by atoms with Crippen molar-refractivity contribution in [2.75, 3.05) is 39.8 Å². The lowest BCUT2D eigenvalue weighted by Gasteiger charge is -2.37. The van der Waals surface area contributed by atoms with Crippen LogP contribution in [0.15, 0.2) is 15.5 Å². The van der Waals surface area contributed by atoms with Crippen molar-refractivity contribution in [1.29, 1.82) is 0 Å². The number of furan rings is 1. The molecule has 6 heteroatoms. The largest absolute Gasteiger partial charge is 0.466 e. The fourth-order valence-electron chi connectivity index (χ4n) is 3.02. The highest BCUT2D eigenvalue weighted by atomic mass is 127. The summed E-state index contributed by atoms with van der Waals surface area (Å²) in [4.78, 5) is 9.32.